The van der Waals surface area contributed by atoms with Crippen molar-refractivity contribution in [1.29, 1.82) is 0 Å². The minimum absolute atomic E-state index is 0.137. The van der Waals surface area contributed by atoms with Gasteiger partial charge in [-0.25, -0.2) is 9.97 Å². The third-order valence-corrected chi connectivity index (χ3v) is 4.79. The molecule has 0 aliphatic rings. The van der Waals surface area contributed by atoms with Crippen molar-refractivity contribution in [3.63, 3.8) is 0 Å². The molecule has 4 rings (SSSR count). The van der Waals surface area contributed by atoms with Gasteiger partial charge in [0.05, 0.1) is 47.7 Å². The Hall–Kier alpha value is -3.62. The standard InChI is InChI=1S/C22H24FN7O/c1-5-31-22-16(9-10-25-28-22)17-11-18(24-12-15-7-6-8-19(23)26-15)21-20(27-17)14(4)29-30(21)13(2)3/h6-11,13H,5,12H2,1-4H3,(H,24,27). The smallest absolute Gasteiger partial charge is 0.242 e. The van der Waals surface area contributed by atoms with E-state index >= 15 is 0 Å². The summed E-state index contributed by atoms with van der Waals surface area (Å²) in [5, 5.41) is 16.1. The summed E-state index contributed by atoms with van der Waals surface area (Å²) < 4.78 is 21.1. The normalized spacial score (nSPS) is 11.3. The first-order valence-corrected chi connectivity index (χ1v) is 10.2. The fourth-order valence-electron chi connectivity index (χ4n) is 3.42. The number of aryl methyl sites for hydroxylation is 1. The Morgan fingerprint density at radius 1 is 1.19 bits per heavy atom. The molecule has 0 atom stereocenters. The highest BCUT2D eigenvalue weighted by Gasteiger charge is 2.19. The highest BCUT2D eigenvalue weighted by Crippen LogP contribution is 2.34. The summed E-state index contributed by atoms with van der Waals surface area (Å²) in [5.74, 6) is -0.0874. The average molecular weight is 421 g/mol. The maximum atomic E-state index is 13.5. The van der Waals surface area contributed by atoms with Gasteiger partial charge < -0.3 is 10.1 Å². The maximum absolute atomic E-state index is 13.5. The monoisotopic (exact) mass is 421 g/mol. The summed E-state index contributed by atoms with van der Waals surface area (Å²) in [4.78, 5) is 8.82. The topological polar surface area (TPSA) is 90.6 Å². The second-order valence-corrected chi connectivity index (χ2v) is 7.36. The number of ether oxygens (including phenoxy) is 1. The van der Waals surface area contributed by atoms with Crippen molar-refractivity contribution >= 4 is 16.7 Å². The molecule has 0 aliphatic carbocycles. The molecule has 1 N–H and O–H groups in total. The van der Waals surface area contributed by atoms with E-state index in [1.54, 1.807) is 18.3 Å². The van der Waals surface area contributed by atoms with E-state index in [9.17, 15) is 4.39 Å². The van der Waals surface area contributed by atoms with E-state index in [1.165, 1.54) is 6.07 Å². The van der Waals surface area contributed by atoms with E-state index in [4.69, 9.17) is 14.8 Å². The van der Waals surface area contributed by atoms with E-state index in [1.807, 2.05) is 30.7 Å². The predicted molar refractivity (Wildman–Crippen MR) is 116 cm³/mol. The molecular weight excluding hydrogens is 397 g/mol. The number of halogens is 1. The molecule has 0 bridgehead atoms. The van der Waals surface area contributed by atoms with Gasteiger partial charge in [0.25, 0.3) is 0 Å². The molecule has 160 valence electrons. The Balaban J connectivity index is 1.85. The van der Waals surface area contributed by atoms with Crippen molar-refractivity contribution in [3.05, 3.63) is 53.9 Å². The SMILES string of the molecule is CCOc1nnccc1-c1cc(NCc2cccc(F)n2)c2c(n1)c(C)nn2C(C)C. The molecule has 4 aromatic heterocycles. The second-order valence-electron chi connectivity index (χ2n) is 7.36. The van der Waals surface area contributed by atoms with Gasteiger partial charge in [-0.3, -0.25) is 4.68 Å². The van der Waals surface area contributed by atoms with Crippen LogP contribution in [0.15, 0.2) is 36.5 Å². The lowest BCUT2D eigenvalue weighted by atomic mass is 10.1. The second kappa shape index (κ2) is 8.63. The molecule has 4 aromatic rings. The Morgan fingerprint density at radius 2 is 2.03 bits per heavy atom. The first-order valence-electron chi connectivity index (χ1n) is 10.2. The van der Waals surface area contributed by atoms with Crippen LogP contribution >= 0.6 is 0 Å². The van der Waals surface area contributed by atoms with Crippen molar-refractivity contribution in [1.82, 2.24) is 29.9 Å². The van der Waals surface area contributed by atoms with Crippen molar-refractivity contribution in [3.8, 4) is 17.1 Å². The lowest BCUT2D eigenvalue weighted by Gasteiger charge is -2.15. The predicted octanol–water partition coefficient (Wildman–Crippen LogP) is 4.32. The number of fused-ring (bicyclic) bond motifs is 1. The number of anilines is 1. The van der Waals surface area contributed by atoms with Crippen LogP contribution in [-0.4, -0.2) is 36.6 Å². The lowest BCUT2D eigenvalue weighted by Crippen LogP contribution is -2.08. The zero-order valence-electron chi connectivity index (χ0n) is 17.9. The Morgan fingerprint density at radius 3 is 2.77 bits per heavy atom. The zero-order valence-corrected chi connectivity index (χ0v) is 17.9. The molecule has 0 unspecified atom stereocenters. The van der Waals surface area contributed by atoms with Gasteiger partial charge in [0.1, 0.15) is 11.0 Å². The third kappa shape index (κ3) is 4.16. The van der Waals surface area contributed by atoms with Crippen LogP contribution in [0.3, 0.4) is 0 Å². The van der Waals surface area contributed by atoms with Gasteiger partial charge >= 0.3 is 0 Å². The average Bonchev–Trinajstić information content (AvgIpc) is 3.10. The van der Waals surface area contributed by atoms with Crippen LogP contribution < -0.4 is 10.1 Å². The van der Waals surface area contributed by atoms with Crippen LogP contribution in [0.1, 0.15) is 38.2 Å². The van der Waals surface area contributed by atoms with Crippen LogP contribution in [-0.2, 0) is 6.54 Å². The largest absolute Gasteiger partial charge is 0.476 e. The minimum atomic E-state index is -0.507. The van der Waals surface area contributed by atoms with Crippen LogP contribution in [0.4, 0.5) is 10.1 Å². The summed E-state index contributed by atoms with van der Waals surface area (Å²) in [6, 6.07) is 8.65. The van der Waals surface area contributed by atoms with Crippen molar-refractivity contribution in [2.24, 2.45) is 0 Å². The molecule has 0 aromatic carbocycles. The van der Waals surface area contributed by atoms with Crippen LogP contribution in [0.2, 0.25) is 0 Å². The molecule has 0 fully saturated rings. The number of hydrogen-bond acceptors (Lipinski definition) is 7. The molecule has 8 nitrogen and oxygen atoms in total. The summed E-state index contributed by atoms with van der Waals surface area (Å²) in [5.41, 5.74) is 5.32. The number of aromatic nitrogens is 6. The fourth-order valence-corrected chi connectivity index (χ4v) is 3.42. The number of rotatable bonds is 7. The quantitative estimate of drug-likeness (QED) is 0.444. The van der Waals surface area contributed by atoms with Gasteiger partial charge in [0.2, 0.25) is 11.8 Å². The Bertz CT molecular complexity index is 1220. The molecule has 4 heterocycles. The van der Waals surface area contributed by atoms with Gasteiger partial charge in [-0.05, 0) is 52.0 Å². The van der Waals surface area contributed by atoms with E-state index in [0.717, 1.165) is 28.0 Å². The van der Waals surface area contributed by atoms with Gasteiger partial charge in [0, 0.05) is 6.04 Å². The molecular formula is C22H24FN7O. The molecule has 0 aliphatic heterocycles. The molecule has 0 radical (unpaired) electrons. The lowest BCUT2D eigenvalue weighted by molar-refractivity contribution is 0.324. The molecule has 0 spiro atoms. The number of nitrogens with one attached hydrogen (secondary N) is 1. The van der Waals surface area contributed by atoms with E-state index < -0.39 is 5.95 Å². The zero-order chi connectivity index (χ0) is 22.0. The number of hydrogen-bond donors (Lipinski definition) is 1. The summed E-state index contributed by atoms with van der Waals surface area (Å²) >= 11 is 0. The van der Waals surface area contributed by atoms with E-state index in [2.05, 4.69) is 34.3 Å². The minimum Gasteiger partial charge on any atom is -0.476 e. The van der Waals surface area contributed by atoms with Gasteiger partial charge in [-0.1, -0.05) is 6.07 Å². The molecule has 0 saturated heterocycles. The van der Waals surface area contributed by atoms with E-state index in [0.29, 0.717) is 30.4 Å². The Kier molecular flexibility index (Phi) is 5.75. The van der Waals surface area contributed by atoms with Crippen LogP contribution in [0, 0.1) is 12.9 Å². The maximum Gasteiger partial charge on any atom is 0.242 e. The Labute approximate surface area is 179 Å². The summed E-state index contributed by atoms with van der Waals surface area (Å²) in [7, 11) is 0. The van der Waals surface area contributed by atoms with Gasteiger partial charge in [-0.2, -0.15) is 14.6 Å². The first-order chi connectivity index (χ1) is 15.0. The van der Waals surface area contributed by atoms with E-state index in [-0.39, 0.29) is 6.04 Å². The third-order valence-electron chi connectivity index (χ3n) is 4.79. The summed E-state index contributed by atoms with van der Waals surface area (Å²) in [6.45, 7) is 8.78. The van der Waals surface area contributed by atoms with Gasteiger partial charge in [-0.15, -0.1) is 5.10 Å². The van der Waals surface area contributed by atoms with Crippen molar-refractivity contribution in [2.45, 2.75) is 40.3 Å². The summed E-state index contributed by atoms with van der Waals surface area (Å²) in [6.07, 6.45) is 1.61. The number of pyridine rings is 2. The highest BCUT2D eigenvalue weighted by atomic mass is 19.1. The first kappa shape index (κ1) is 20.6. The molecule has 0 amide bonds. The van der Waals surface area contributed by atoms with Crippen molar-refractivity contribution in [2.75, 3.05) is 11.9 Å². The van der Waals surface area contributed by atoms with Crippen LogP contribution in [0.5, 0.6) is 5.88 Å². The molecule has 9 heteroatoms. The fraction of sp³-hybridized carbons (Fsp3) is 0.318. The number of nitrogens with zero attached hydrogens (tertiary/aromatic N) is 6. The molecule has 31 heavy (non-hydrogen) atoms. The van der Waals surface area contributed by atoms with Crippen LogP contribution in [0.25, 0.3) is 22.3 Å². The van der Waals surface area contributed by atoms with Crippen molar-refractivity contribution < 1.29 is 9.13 Å². The van der Waals surface area contributed by atoms with Gasteiger partial charge in [0.15, 0.2) is 0 Å². The highest BCUT2D eigenvalue weighted by molar-refractivity contribution is 5.93. The molecule has 0 saturated carbocycles.